The van der Waals surface area contributed by atoms with Crippen molar-refractivity contribution in [2.45, 2.75) is 19.0 Å². The van der Waals surface area contributed by atoms with E-state index < -0.39 is 16.1 Å². The highest BCUT2D eigenvalue weighted by Gasteiger charge is 2.22. The SMILES string of the molecule is COc1ccc([C@H](CC(=O)N(C)Cc2ccccc2)NS(C)(=O)=O)cc1. The number of nitrogens with one attached hydrogen (secondary N) is 1. The van der Waals surface area contributed by atoms with Crippen LogP contribution in [-0.4, -0.2) is 39.6 Å². The van der Waals surface area contributed by atoms with Gasteiger partial charge in [-0.3, -0.25) is 4.79 Å². The number of sulfonamides is 1. The quantitative estimate of drug-likeness (QED) is 0.767. The van der Waals surface area contributed by atoms with Crippen molar-refractivity contribution in [3.63, 3.8) is 0 Å². The zero-order valence-corrected chi connectivity index (χ0v) is 16.0. The maximum atomic E-state index is 12.6. The van der Waals surface area contributed by atoms with Gasteiger partial charge < -0.3 is 9.64 Å². The minimum atomic E-state index is -3.47. The standard InChI is InChI=1S/C19H24N2O4S/c1-21(14-15-7-5-4-6-8-15)19(22)13-18(20-26(3,23)24)16-9-11-17(25-2)12-10-16/h4-12,18,20H,13-14H2,1-3H3/t18-/m0/s1. The van der Waals surface area contributed by atoms with Crippen molar-refractivity contribution < 1.29 is 17.9 Å². The minimum absolute atomic E-state index is 0.0305. The first-order valence-corrected chi connectivity index (χ1v) is 10.1. The van der Waals surface area contributed by atoms with E-state index in [1.165, 1.54) is 0 Å². The lowest BCUT2D eigenvalue weighted by molar-refractivity contribution is -0.130. The van der Waals surface area contributed by atoms with Crippen molar-refractivity contribution in [2.75, 3.05) is 20.4 Å². The number of nitrogens with zero attached hydrogens (tertiary/aromatic N) is 1. The van der Waals surface area contributed by atoms with Crippen molar-refractivity contribution >= 4 is 15.9 Å². The molecule has 0 fully saturated rings. The Morgan fingerprint density at radius 1 is 1.12 bits per heavy atom. The van der Waals surface area contributed by atoms with Gasteiger partial charge in [-0.1, -0.05) is 42.5 Å². The van der Waals surface area contributed by atoms with E-state index in [9.17, 15) is 13.2 Å². The van der Waals surface area contributed by atoms with Crippen molar-refractivity contribution in [1.29, 1.82) is 0 Å². The fourth-order valence-corrected chi connectivity index (χ4v) is 3.33. The predicted molar refractivity (Wildman–Crippen MR) is 101 cm³/mol. The second-order valence-corrected chi connectivity index (χ2v) is 7.94. The molecule has 0 spiro atoms. The van der Waals surface area contributed by atoms with Gasteiger partial charge in [-0.25, -0.2) is 13.1 Å². The van der Waals surface area contributed by atoms with Crippen LogP contribution in [0.25, 0.3) is 0 Å². The number of benzene rings is 2. The molecule has 1 amide bonds. The largest absolute Gasteiger partial charge is 0.497 e. The molecule has 0 unspecified atom stereocenters. The Balaban J connectivity index is 2.13. The summed E-state index contributed by atoms with van der Waals surface area (Å²) in [5.74, 6) is 0.519. The molecule has 140 valence electrons. The van der Waals surface area contributed by atoms with Crippen LogP contribution in [0.15, 0.2) is 54.6 Å². The number of amides is 1. The lowest BCUT2D eigenvalue weighted by Gasteiger charge is -2.22. The van der Waals surface area contributed by atoms with Crippen LogP contribution >= 0.6 is 0 Å². The Labute approximate surface area is 154 Å². The van der Waals surface area contributed by atoms with Crippen LogP contribution in [0.2, 0.25) is 0 Å². The first-order chi connectivity index (χ1) is 12.3. The van der Waals surface area contributed by atoms with Crippen LogP contribution in [0.3, 0.4) is 0 Å². The van der Waals surface area contributed by atoms with Crippen LogP contribution in [-0.2, 0) is 21.4 Å². The summed E-state index contributed by atoms with van der Waals surface area (Å²) in [6.07, 6.45) is 1.12. The average Bonchev–Trinajstić information content (AvgIpc) is 2.61. The van der Waals surface area contributed by atoms with E-state index in [-0.39, 0.29) is 12.3 Å². The third-order valence-electron chi connectivity index (χ3n) is 3.94. The molecule has 6 nitrogen and oxygen atoms in total. The number of hydrogen-bond acceptors (Lipinski definition) is 4. The van der Waals surface area contributed by atoms with E-state index >= 15 is 0 Å². The molecule has 1 N–H and O–H groups in total. The highest BCUT2D eigenvalue weighted by atomic mass is 32.2. The number of ether oxygens (including phenoxy) is 1. The van der Waals surface area contributed by atoms with Gasteiger partial charge in [0.05, 0.1) is 19.4 Å². The second kappa shape index (κ2) is 8.82. The number of rotatable bonds is 8. The van der Waals surface area contributed by atoms with Crippen LogP contribution < -0.4 is 9.46 Å². The Morgan fingerprint density at radius 2 is 1.73 bits per heavy atom. The Bertz CT molecular complexity index is 820. The van der Waals surface area contributed by atoms with Crippen molar-refractivity contribution in [3.05, 3.63) is 65.7 Å². The summed E-state index contributed by atoms with van der Waals surface area (Å²) < 4.78 is 31.1. The summed E-state index contributed by atoms with van der Waals surface area (Å²) in [7, 11) is -0.201. The van der Waals surface area contributed by atoms with Gasteiger partial charge >= 0.3 is 0 Å². The van der Waals surface area contributed by atoms with Gasteiger partial charge in [0.15, 0.2) is 0 Å². The Kier molecular flexibility index (Phi) is 6.76. The molecule has 0 aromatic heterocycles. The van der Waals surface area contributed by atoms with E-state index in [0.717, 1.165) is 11.8 Å². The van der Waals surface area contributed by atoms with E-state index in [4.69, 9.17) is 4.74 Å². The highest BCUT2D eigenvalue weighted by molar-refractivity contribution is 7.88. The summed E-state index contributed by atoms with van der Waals surface area (Å²) in [5.41, 5.74) is 1.72. The monoisotopic (exact) mass is 376 g/mol. The van der Waals surface area contributed by atoms with Crippen LogP contribution in [0, 0.1) is 0 Å². The van der Waals surface area contributed by atoms with Gasteiger partial charge in [0.25, 0.3) is 0 Å². The second-order valence-electron chi connectivity index (χ2n) is 6.16. The minimum Gasteiger partial charge on any atom is -0.497 e. The predicted octanol–water partition coefficient (Wildman–Crippen LogP) is 2.33. The zero-order valence-electron chi connectivity index (χ0n) is 15.2. The normalized spacial score (nSPS) is 12.4. The van der Waals surface area contributed by atoms with E-state index in [2.05, 4.69) is 4.72 Å². The number of carbonyl (C=O) groups excluding carboxylic acids is 1. The van der Waals surface area contributed by atoms with Gasteiger partial charge in [0.1, 0.15) is 5.75 Å². The van der Waals surface area contributed by atoms with Crippen molar-refractivity contribution in [3.8, 4) is 5.75 Å². The Morgan fingerprint density at radius 3 is 2.27 bits per heavy atom. The highest BCUT2D eigenvalue weighted by Crippen LogP contribution is 2.22. The molecule has 0 radical (unpaired) electrons. The molecule has 0 aliphatic carbocycles. The van der Waals surface area contributed by atoms with Crippen molar-refractivity contribution in [2.24, 2.45) is 0 Å². The molecule has 0 saturated heterocycles. The molecule has 0 heterocycles. The Hall–Kier alpha value is -2.38. The molecule has 0 aliphatic heterocycles. The maximum absolute atomic E-state index is 12.6. The van der Waals surface area contributed by atoms with E-state index in [1.54, 1.807) is 43.3 Å². The summed E-state index contributed by atoms with van der Waals surface area (Å²) in [6, 6.07) is 16.0. The van der Waals surface area contributed by atoms with Gasteiger partial charge in [0, 0.05) is 20.0 Å². The summed E-state index contributed by atoms with van der Waals surface area (Å²) in [6.45, 7) is 0.466. The van der Waals surface area contributed by atoms with Gasteiger partial charge in [-0.15, -0.1) is 0 Å². The number of methoxy groups -OCH3 is 1. The molecular formula is C19H24N2O4S. The lowest BCUT2D eigenvalue weighted by atomic mass is 10.0. The third kappa shape index (κ3) is 6.16. The van der Waals surface area contributed by atoms with Crippen molar-refractivity contribution in [1.82, 2.24) is 9.62 Å². The topological polar surface area (TPSA) is 75.7 Å². The van der Waals surface area contributed by atoms with E-state index in [0.29, 0.717) is 17.9 Å². The van der Waals surface area contributed by atoms with Gasteiger partial charge in [0.2, 0.25) is 15.9 Å². The van der Waals surface area contributed by atoms with E-state index in [1.807, 2.05) is 30.3 Å². The molecule has 7 heteroatoms. The summed E-state index contributed by atoms with van der Waals surface area (Å²) in [4.78, 5) is 14.2. The molecule has 2 rings (SSSR count). The first kappa shape index (κ1) is 19.9. The maximum Gasteiger partial charge on any atom is 0.224 e. The van der Waals surface area contributed by atoms with Gasteiger partial charge in [-0.05, 0) is 23.3 Å². The number of hydrogen-bond donors (Lipinski definition) is 1. The average molecular weight is 376 g/mol. The molecule has 2 aromatic rings. The zero-order chi connectivity index (χ0) is 19.2. The molecule has 0 bridgehead atoms. The summed E-state index contributed by atoms with van der Waals surface area (Å²) in [5, 5.41) is 0. The third-order valence-corrected chi connectivity index (χ3v) is 4.65. The van der Waals surface area contributed by atoms with Crippen LogP contribution in [0.4, 0.5) is 0 Å². The number of carbonyl (C=O) groups is 1. The molecule has 1 atom stereocenters. The van der Waals surface area contributed by atoms with Crippen LogP contribution in [0.1, 0.15) is 23.6 Å². The molecule has 2 aromatic carbocycles. The lowest BCUT2D eigenvalue weighted by Crippen LogP contribution is -2.34. The molecular weight excluding hydrogens is 352 g/mol. The van der Waals surface area contributed by atoms with Crippen LogP contribution in [0.5, 0.6) is 5.75 Å². The summed E-state index contributed by atoms with van der Waals surface area (Å²) >= 11 is 0. The molecule has 0 saturated carbocycles. The smallest absolute Gasteiger partial charge is 0.224 e. The fraction of sp³-hybridized carbons (Fsp3) is 0.316. The fourth-order valence-electron chi connectivity index (χ4n) is 2.60. The van der Waals surface area contributed by atoms with Gasteiger partial charge in [-0.2, -0.15) is 0 Å². The molecule has 0 aliphatic rings. The molecule has 26 heavy (non-hydrogen) atoms. The first-order valence-electron chi connectivity index (χ1n) is 8.17.